The number of hydrogen-bond acceptors (Lipinski definition) is 3. The molecule has 0 unspecified atom stereocenters. The molecule has 1 aliphatic carbocycles. The maximum absolute atomic E-state index is 10.6. The minimum absolute atomic E-state index is 0.111. The van der Waals surface area contributed by atoms with E-state index in [2.05, 4.69) is 6.07 Å². The smallest absolute Gasteiger partial charge is 0.210 e. The molecule has 0 N–H and O–H groups in total. The van der Waals surface area contributed by atoms with E-state index in [1.807, 2.05) is 13.8 Å². The first-order valence-electron chi connectivity index (χ1n) is 5.47. The Kier molecular flexibility index (Phi) is 3.33. The lowest BCUT2D eigenvalue weighted by atomic mass is 9.59. The Hall–Kier alpha value is -1.11. The van der Waals surface area contributed by atoms with Gasteiger partial charge in [-0.3, -0.25) is 10.1 Å². The van der Waals surface area contributed by atoms with E-state index in [0.717, 1.165) is 32.1 Å². The summed E-state index contributed by atoms with van der Waals surface area (Å²) in [6.07, 6.45) is 4.82. The van der Waals surface area contributed by atoms with Crippen LogP contribution >= 0.6 is 0 Å². The molecule has 0 aromatic heterocycles. The molecule has 0 radical (unpaired) electrons. The second kappa shape index (κ2) is 4.18. The van der Waals surface area contributed by atoms with Gasteiger partial charge in [-0.15, -0.1) is 0 Å². The van der Waals surface area contributed by atoms with E-state index in [1.54, 1.807) is 0 Å². The SMILES string of the molecule is CC(C)(C[N+](=O)[O-])C1(C#N)CCCCC1. The Morgan fingerprint density at radius 2 is 1.93 bits per heavy atom. The van der Waals surface area contributed by atoms with Gasteiger partial charge in [-0.25, -0.2) is 0 Å². The van der Waals surface area contributed by atoms with E-state index in [0.29, 0.717) is 0 Å². The fourth-order valence-electron chi connectivity index (χ4n) is 2.57. The largest absolute Gasteiger partial charge is 0.265 e. The topological polar surface area (TPSA) is 66.9 Å². The van der Waals surface area contributed by atoms with Crippen molar-refractivity contribution in [2.75, 3.05) is 6.54 Å². The van der Waals surface area contributed by atoms with Crippen molar-refractivity contribution < 1.29 is 4.92 Å². The molecule has 0 spiro atoms. The molecule has 0 aliphatic heterocycles. The zero-order valence-corrected chi connectivity index (χ0v) is 9.45. The van der Waals surface area contributed by atoms with Gasteiger partial charge < -0.3 is 0 Å². The molecule has 1 rings (SSSR count). The second-order valence-electron chi connectivity index (χ2n) is 5.13. The number of nitro groups is 1. The van der Waals surface area contributed by atoms with Crippen LogP contribution in [0.15, 0.2) is 0 Å². The van der Waals surface area contributed by atoms with Gasteiger partial charge in [-0.2, -0.15) is 5.26 Å². The predicted molar refractivity (Wildman–Crippen MR) is 56.8 cm³/mol. The van der Waals surface area contributed by atoms with Crippen molar-refractivity contribution in [2.45, 2.75) is 46.0 Å². The molecule has 1 saturated carbocycles. The first-order valence-corrected chi connectivity index (χ1v) is 5.47. The Bertz CT molecular complexity index is 285. The standard InChI is InChI=1S/C11H18N2O2/c1-10(2,9-13(14)15)11(8-12)6-4-3-5-7-11/h3-7,9H2,1-2H3. The fourth-order valence-corrected chi connectivity index (χ4v) is 2.57. The molecule has 0 aromatic carbocycles. The van der Waals surface area contributed by atoms with Gasteiger partial charge >= 0.3 is 0 Å². The van der Waals surface area contributed by atoms with Gasteiger partial charge in [0.2, 0.25) is 6.54 Å². The van der Waals surface area contributed by atoms with Crippen LogP contribution in [-0.4, -0.2) is 11.5 Å². The van der Waals surface area contributed by atoms with Crippen molar-refractivity contribution in [3.8, 4) is 6.07 Å². The summed E-state index contributed by atoms with van der Waals surface area (Å²) >= 11 is 0. The molecule has 0 amide bonds. The lowest BCUT2D eigenvalue weighted by Gasteiger charge is -2.41. The summed E-state index contributed by atoms with van der Waals surface area (Å²) in [7, 11) is 0. The molecule has 0 aromatic rings. The summed E-state index contributed by atoms with van der Waals surface area (Å²) in [5, 5.41) is 19.9. The summed E-state index contributed by atoms with van der Waals surface area (Å²) in [6, 6.07) is 2.36. The van der Waals surface area contributed by atoms with Gasteiger partial charge in [0.15, 0.2) is 0 Å². The van der Waals surface area contributed by atoms with Crippen molar-refractivity contribution in [3.63, 3.8) is 0 Å². The van der Waals surface area contributed by atoms with Gasteiger partial charge in [0.25, 0.3) is 0 Å². The van der Waals surface area contributed by atoms with Crippen LogP contribution in [0, 0.1) is 32.3 Å². The highest BCUT2D eigenvalue weighted by Crippen LogP contribution is 2.49. The lowest BCUT2D eigenvalue weighted by Crippen LogP contribution is -2.43. The van der Waals surface area contributed by atoms with Crippen molar-refractivity contribution in [3.05, 3.63) is 10.1 Å². The summed E-state index contributed by atoms with van der Waals surface area (Å²) < 4.78 is 0. The molecule has 0 heterocycles. The van der Waals surface area contributed by atoms with E-state index in [4.69, 9.17) is 0 Å². The third kappa shape index (κ3) is 2.28. The molecule has 4 heteroatoms. The molecule has 1 aliphatic rings. The maximum Gasteiger partial charge on any atom is 0.210 e. The van der Waals surface area contributed by atoms with Gasteiger partial charge in [0.1, 0.15) is 0 Å². The van der Waals surface area contributed by atoms with Gasteiger partial charge in [0.05, 0.1) is 11.5 Å². The lowest BCUT2D eigenvalue weighted by molar-refractivity contribution is -0.500. The minimum atomic E-state index is -0.522. The Labute approximate surface area is 90.4 Å². The van der Waals surface area contributed by atoms with Crippen LogP contribution in [0.2, 0.25) is 0 Å². The van der Waals surface area contributed by atoms with E-state index in [9.17, 15) is 15.4 Å². The van der Waals surface area contributed by atoms with E-state index < -0.39 is 10.8 Å². The third-order valence-electron chi connectivity index (χ3n) is 3.74. The van der Waals surface area contributed by atoms with Crippen molar-refractivity contribution in [2.24, 2.45) is 10.8 Å². The molecule has 0 bridgehead atoms. The van der Waals surface area contributed by atoms with Gasteiger partial charge in [-0.05, 0) is 12.8 Å². The minimum Gasteiger partial charge on any atom is -0.265 e. The molecule has 15 heavy (non-hydrogen) atoms. The average molecular weight is 210 g/mol. The Morgan fingerprint density at radius 3 is 2.33 bits per heavy atom. The number of hydrogen-bond donors (Lipinski definition) is 0. The van der Waals surface area contributed by atoms with Crippen molar-refractivity contribution in [1.82, 2.24) is 0 Å². The zero-order chi connectivity index (χ0) is 11.5. The first kappa shape index (κ1) is 12.0. The summed E-state index contributed by atoms with van der Waals surface area (Å²) in [5.41, 5.74) is -1.01. The average Bonchev–Trinajstić information content (AvgIpc) is 2.16. The zero-order valence-electron chi connectivity index (χ0n) is 9.45. The maximum atomic E-state index is 10.6. The number of nitriles is 1. The van der Waals surface area contributed by atoms with Crippen LogP contribution in [0.25, 0.3) is 0 Å². The van der Waals surface area contributed by atoms with Crippen LogP contribution in [0.3, 0.4) is 0 Å². The van der Waals surface area contributed by atoms with Gasteiger partial charge in [-0.1, -0.05) is 33.1 Å². The molecular weight excluding hydrogens is 192 g/mol. The molecule has 4 nitrogen and oxygen atoms in total. The quantitative estimate of drug-likeness (QED) is 0.531. The Morgan fingerprint density at radius 1 is 1.40 bits per heavy atom. The third-order valence-corrected chi connectivity index (χ3v) is 3.74. The molecule has 0 saturated heterocycles. The summed E-state index contributed by atoms with van der Waals surface area (Å²) in [5.74, 6) is 0. The van der Waals surface area contributed by atoms with E-state index >= 15 is 0 Å². The molecule has 84 valence electrons. The predicted octanol–water partition coefficient (Wildman–Crippen LogP) is 2.76. The monoisotopic (exact) mass is 210 g/mol. The van der Waals surface area contributed by atoms with Crippen LogP contribution in [0.4, 0.5) is 0 Å². The normalized spacial score (nSPS) is 20.6. The van der Waals surface area contributed by atoms with E-state index in [-0.39, 0.29) is 11.5 Å². The number of rotatable bonds is 3. The summed E-state index contributed by atoms with van der Waals surface area (Å²) in [6.45, 7) is 3.59. The van der Waals surface area contributed by atoms with Crippen LogP contribution in [0.5, 0.6) is 0 Å². The van der Waals surface area contributed by atoms with E-state index in [1.165, 1.54) is 0 Å². The molecule has 0 atom stereocenters. The Balaban J connectivity index is 2.89. The van der Waals surface area contributed by atoms with Crippen molar-refractivity contribution in [1.29, 1.82) is 5.26 Å². The van der Waals surface area contributed by atoms with Crippen molar-refractivity contribution >= 4 is 0 Å². The highest BCUT2D eigenvalue weighted by atomic mass is 16.6. The summed E-state index contributed by atoms with van der Waals surface area (Å²) in [4.78, 5) is 10.3. The van der Waals surface area contributed by atoms with Crippen LogP contribution in [0.1, 0.15) is 46.0 Å². The van der Waals surface area contributed by atoms with Gasteiger partial charge in [0, 0.05) is 10.3 Å². The molecular formula is C11H18N2O2. The molecule has 1 fully saturated rings. The second-order valence-corrected chi connectivity index (χ2v) is 5.13. The highest BCUT2D eigenvalue weighted by Gasteiger charge is 2.48. The first-order chi connectivity index (χ1) is 6.93. The highest BCUT2D eigenvalue weighted by molar-refractivity contribution is 5.08. The van der Waals surface area contributed by atoms with Crippen LogP contribution < -0.4 is 0 Å². The number of nitrogens with zero attached hydrogens (tertiary/aromatic N) is 2. The van der Waals surface area contributed by atoms with Crippen LogP contribution in [-0.2, 0) is 0 Å². The fraction of sp³-hybridized carbons (Fsp3) is 0.909.